The van der Waals surface area contributed by atoms with E-state index in [1.54, 1.807) is 6.92 Å². The lowest BCUT2D eigenvalue weighted by atomic mass is 9.87. The Labute approximate surface area is 169 Å². The number of halogens is 6. The first kappa shape index (κ1) is 24.3. The Hall–Kier alpha value is -2.01. The molecule has 0 N–H and O–H groups in total. The molecule has 0 spiro atoms. The first-order valence-corrected chi connectivity index (χ1v) is 9.20. The van der Waals surface area contributed by atoms with E-state index in [-0.39, 0.29) is 24.1 Å². The van der Waals surface area contributed by atoms with Gasteiger partial charge in [0, 0.05) is 7.11 Å². The number of hydrogen-bond acceptors (Lipinski definition) is 5. The van der Waals surface area contributed by atoms with Crippen molar-refractivity contribution >= 4 is 5.97 Å². The second-order valence-corrected chi connectivity index (χ2v) is 6.87. The van der Waals surface area contributed by atoms with E-state index in [1.165, 1.54) is 7.11 Å². The normalized spacial score (nSPS) is 22.3. The number of ether oxygens (including phenoxy) is 4. The van der Waals surface area contributed by atoms with Crippen LogP contribution in [0.15, 0.2) is 24.3 Å². The molecule has 0 aliphatic heterocycles. The van der Waals surface area contributed by atoms with Gasteiger partial charge in [-0.2, -0.15) is 22.0 Å². The summed E-state index contributed by atoms with van der Waals surface area (Å²) in [7, 11) is 1.53. The molecule has 0 bridgehead atoms. The number of methoxy groups -OCH3 is 1. The van der Waals surface area contributed by atoms with Crippen molar-refractivity contribution in [1.29, 1.82) is 0 Å². The summed E-state index contributed by atoms with van der Waals surface area (Å²) in [6.07, 6.45) is -13.4. The van der Waals surface area contributed by atoms with Gasteiger partial charge in [-0.1, -0.05) is 0 Å². The van der Waals surface area contributed by atoms with Gasteiger partial charge in [0.25, 0.3) is 6.17 Å². The van der Waals surface area contributed by atoms with E-state index >= 15 is 0 Å². The molecular weight excluding hydrogens is 422 g/mol. The van der Waals surface area contributed by atoms with Crippen molar-refractivity contribution in [2.24, 2.45) is 5.92 Å². The second-order valence-electron chi connectivity index (χ2n) is 6.87. The molecule has 0 radical (unpaired) electrons. The number of alkyl halides is 6. The summed E-state index contributed by atoms with van der Waals surface area (Å²) in [5.41, 5.74) is 0. The molecule has 0 aromatic heterocycles. The Kier molecular flexibility index (Phi) is 7.98. The van der Waals surface area contributed by atoms with E-state index in [9.17, 15) is 31.1 Å². The Bertz CT molecular complexity index is 686. The lowest BCUT2D eigenvalue weighted by Gasteiger charge is -2.29. The molecule has 11 heteroatoms. The standard InChI is InChI=1S/C19H22F6O5/c1-11(27-2)28-13-5-3-12(4-6-13)16(26)29-14-7-9-15(10-8-14)30-19(24,25)17(20)18(21,22)23/h7-13,17H,3-6H2,1-2H3. The maximum atomic E-state index is 13.3. The van der Waals surface area contributed by atoms with Crippen LogP contribution in [-0.2, 0) is 14.3 Å². The molecule has 5 nitrogen and oxygen atoms in total. The lowest BCUT2D eigenvalue weighted by Crippen LogP contribution is -2.45. The van der Waals surface area contributed by atoms with Gasteiger partial charge in [0.05, 0.1) is 12.0 Å². The highest BCUT2D eigenvalue weighted by Crippen LogP contribution is 2.37. The van der Waals surface area contributed by atoms with Crippen molar-refractivity contribution < 1.29 is 50.1 Å². The van der Waals surface area contributed by atoms with Crippen LogP contribution in [0.1, 0.15) is 32.6 Å². The van der Waals surface area contributed by atoms with Gasteiger partial charge >= 0.3 is 18.3 Å². The van der Waals surface area contributed by atoms with Crippen LogP contribution in [0.2, 0.25) is 0 Å². The fourth-order valence-corrected chi connectivity index (χ4v) is 2.94. The molecule has 1 aromatic carbocycles. The summed E-state index contributed by atoms with van der Waals surface area (Å²) in [5.74, 6) is -1.61. The highest BCUT2D eigenvalue weighted by Gasteiger charge is 2.59. The minimum atomic E-state index is -5.77. The zero-order chi connectivity index (χ0) is 22.5. The summed E-state index contributed by atoms with van der Waals surface area (Å²) in [6.45, 7) is 1.76. The van der Waals surface area contributed by atoms with Gasteiger partial charge in [-0.15, -0.1) is 0 Å². The fourth-order valence-electron chi connectivity index (χ4n) is 2.94. The first-order valence-electron chi connectivity index (χ1n) is 9.20. The van der Waals surface area contributed by atoms with Gasteiger partial charge in [-0.05, 0) is 56.9 Å². The van der Waals surface area contributed by atoms with Crippen LogP contribution in [0.4, 0.5) is 26.3 Å². The van der Waals surface area contributed by atoms with Gasteiger partial charge in [-0.3, -0.25) is 4.79 Å². The van der Waals surface area contributed by atoms with Crippen molar-refractivity contribution in [2.45, 2.75) is 63.5 Å². The number of carbonyl (C=O) groups excluding carboxylic acids is 1. The number of rotatable bonds is 8. The molecule has 2 atom stereocenters. The molecular formula is C19H22F6O5. The topological polar surface area (TPSA) is 54.0 Å². The third-order valence-electron chi connectivity index (χ3n) is 4.60. The minimum Gasteiger partial charge on any atom is -0.430 e. The van der Waals surface area contributed by atoms with Crippen molar-refractivity contribution in [3.05, 3.63) is 24.3 Å². The summed E-state index contributed by atoms with van der Waals surface area (Å²) in [4.78, 5) is 12.3. The molecule has 1 aliphatic carbocycles. The van der Waals surface area contributed by atoms with Crippen molar-refractivity contribution in [1.82, 2.24) is 0 Å². The van der Waals surface area contributed by atoms with E-state index in [1.807, 2.05) is 0 Å². The smallest absolute Gasteiger partial charge is 0.430 e. The predicted octanol–water partition coefficient (Wildman–Crippen LogP) is 5.03. The average Bonchev–Trinajstić information content (AvgIpc) is 2.68. The summed E-state index contributed by atoms with van der Waals surface area (Å²) < 4.78 is 95.4. The third-order valence-corrected chi connectivity index (χ3v) is 4.60. The number of carbonyl (C=O) groups is 1. The van der Waals surface area contributed by atoms with E-state index in [0.29, 0.717) is 25.7 Å². The Morgan fingerprint density at radius 1 is 1.00 bits per heavy atom. The SMILES string of the molecule is COC(C)OC1CCC(C(=O)Oc2ccc(OC(F)(F)C(F)C(F)(F)F)cc2)CC1. The maximum Gasteiger partial charge on any atom is 0.439 e. The summed E-state index contributed by atoms with van der Waals surface area (Å²) in [5, 5.41) is 0. The molecule has 0 heterocycles. The van der Waals surface area contributed by atoms with Crippen molar-refractivity contribution in [2.75, 3.05) is 7.11 Å². The Morgan fingerprint density at radius 3 is 2.03 bits per heavy atom. The largest absolute Gasteiger partial charge is 0.439 e. The first-order chi connectivity index (χ1) is 13.9. The Balaban J connectivity index is 1.87. The van der Waals surface area contributed by atoms with Crippen LogP contribution < -0.4 is 9.47 Å². The highest BCUT2D eigenvalue weighted by molar-refractivity contribution is 5.75. The molecule has 1 fully saturated rings. The molecule has 30 heavy (non-hydrogen) atoms. The highest BCUT2D eigenvalue weighted by atomic mass is 19.4. The summed E-state index contributed by atoms with van der Waals surface area (Å²) in [6, 6.07) is 3.85. The molecule has 0 saturated heterocycles. The van der Waals surface area contributed by atoms with Gasteiger partial charge in [0.2, 0.25) is 0 Å². The predicted molar refractivity (Wildman–Crippen MR) is 91.9 cm³/mol. The van der Waals surface area contributed by atoms with Crippen LogP contribution >= 0.6 is 0 Å². The Morgan fingerprint density at radius 2 is 1.53 bits per heavy atom. The molecule has 2 unspecified atom stereocenters. The number of hydrogen-bond donors (Lipinski definition) is 0. The average molecular weight is 444 g/mol. The van der Waals surface area contributed by atoms with E-state index in [2.05, 4.69) is 4.74 Å². The monoisotopic (exact) mass is 444 g/mol. The third kappa shape index (κ3) is 6.76. The van der Waals surface area contributed by atoms with E-state index < -0.39 is 30.2 Å². The zero-order valence-corrected chi connectivity index (χ0v) is 16.3. The number of benzene rings is 1. The van der Waals surface area contributed by atoms with Crippen LogP contribution in [0.5, 0.6) is 11.5 Å². The molecule has 1 aliphatic rings. The van der Waals surface area contributed by atoms with Gasteiger partial charge in [0.15, 0.2) is 6.29 Å². The molecule has 2 rings (SSSR count). The quantitative estimate of drug-likeness (QED) is 0.244. The molecule has 170 valence electrons. The zero-order valence-electron chi connectivity index (χ0n) is 16.3. The number of esters is 1. The van der Waals surface area contributed by atoms with Crippen LogP contribution in [0, 0.1) is 5.92 Å². The van der Waals surface area contributed by atoms with Gasteiger partial charge in [0.1, 0.15) is 11.5 Å². The second kappa shape index (κ2) is 9.86. The fraction of sp³-hybridized carbons (Fsp3) is 0.632. The van der Waals surface area contributed by atoms with Gasteiger partial charge < -0.3 is 18.9 Å². The summed E-state index contributed by atoms with van der Waals surface area (Å²) >= 11 is 0. The van der Waals surface area contributed by atoms with Crippen LogP contribution in [0.25, 0.3) is 0 Å². The molecule has 1 saturated carbocycles. The van der Waals surface area contributed by atoms with Gasteiger partial charge in [-0.25, -0.2) is 4.39 Å². The van der Waals surface area contributed by atoms with Crippen LogP contribution in [-0.4, -0.2) is 43.9 Å². The van der Waals surface area contributed by atoms with E-state index in [0.717, 1.165) is 24.3 Å². The molecule has 1 aromatic rings. The lowest BCUT2D eigenvalue weighted by molar-refractivity contribution is -0.305. The van der Waals surface area contributed by atoms with Crippen LogP contribution in [0.3, 0.4) is 0 Å². The molecule has 0 amide bonds. The maximum absolute atomic E-state index is 13.3. The minimum absolute atomic E-state index is 0.00494. The van der Waals surface area contributed by atoms with Crippen molar-refractivity contribution in [3.8, 4) is 11.5 Å². The van der Waals surface area contributed by atoms with Crippen molar-refractivity contribution in [3.63, 3.8) is 0 Å². The van der Waals surface area contributed by atoms with E-state index in [4.69, 9.17) is 14.2 Å².